The fourth-order valence-corrected chi connectivity index (χ4v) is 2.99. The molecule has 0 saturated carbocycles. The average molecular weight is 305 g/mol. The van der Waals surface area contributed by atoms with E-state index in [1.807, 2.05) is 6.07 Å². The third-order valence-corrected chi connectivity index (χ3v) is 4.25. The van der Waals surface area contributed by atoms with Crippen LogP contribution >= 0.6 is 0 Å². The van der Waals surface area contributed by atoms with E-state index in [0.717, 1.165) is 5.56 Å². The van der Waals surface area contributed by atoms with Crippen LogP contribution in [0.15, 0.2) is 18.2 Å². The van der Waals surface area contributed by atoms with E-state index < -0.39 is 11.9 Å². The highest BCUT2D eigenvalue weighted by Gasteiger charge is 2.35. The summed E-state index contributed by atoms with van der Waals surface area (Å²) in [6.45, 7) is 2.62. The monoisotopic (exact) mass is 305 g/mol. The molecule has 0 unspecified atom stereocenters. The lowest BCUT2D eigenvalue weighted by atomic mass is 10.0. The number of piperazine rings is 1. The standard InChI is InChI=1S/C15H16FN3O3/c16-13-2-1-10(5-11(13)6-17)14-8-18-3-4-19(15(20)21)7-12(18)9-22-14/h1-2,5,12,14H,3-4,7-9H2,(H,20,21)/t12-,14-/m1/s1. The van der Waals surface area contributed by atoms with Gasteiger partial charge in [-0.1, -0.05) is 6.07 Å². The molecule has 1 N–H and O–H groups in total. The Bertz CT molecular complexity index is 631. The summed E-state index contributed by atoms with van der Waals surface area (Å²) in [7, 11) is 0. The molecule has 0 spiro atoms. The largest absolute Gasteiger partial charge is 0.465 e. The van der Waals surface area contributed by atoms with Gasteiger partial charge in [-0.15, -0.1) is 0 Å². The second-order valence-electron chi connectivity index (χ2n) is 5.55. The van der Waals surface area contributed by atoms with Gasteiger partial charge in [-0.3, -0.25) is 4.90 Å². The van der Waals surface area contributed by atoms with Gasteiger partial charge in [0, 0.05) is 26.2 Å². The van der Waals surface area contributed by atoms with Gasteiger partial charge in [-0.2, -0.15) is 5.26 Å². The lowest BCUT2D eigenvalue weighted by molar-refractivity contribution is -0.0866. The summed E-state index contributed by atoms with van der Waals surface area (Å²) in [6, 6.07) is 6.32. The van der Waals surface area contributed by atoms with E-state index in [4.69, 9.17) is 15.1 Å². The van der Waals surface area contributed by atoms with Crippen LogP contribution in [0.2, 0.25) is 0 Å². The van der Waals surface area contributed by atoms with Gasteiger partial charge in [0.15, 0.2) is 0 Å². The van der Waals surface area contributed by atoms with Crippen molar-refractivity contribution in [2.75, 3.05) is 32.8 Å². The number of hydrogen-bond donors (Lipinski definition) is 1. The summed E-state index contributed by atoms with van der Waals surface area (Å²) >= 11 is 0. The summed E-state index contributed by atoms with van der Waals surface area (Å²) < 4.78 is 19.2. The molecule has 2 heterocycles. The SMILES string of the molecule is N#Cc1cc([C@H]2CN3CCN(C(=O)O)C[C@@H]3CO2)ccc1F. The minimum absolute atomic E-state index is 0.0129. The number of ether oxygens (including phenoxy) is 1. The Morgan fingerprint density at radius 2 is 2.23 bits per heavy atom. The molecule has 2 saturated heterocycles. The first kappa shape index (κ1) is 14.8. The number of nitrogens with zero attached hydrogens (tertiary/aromatic N) is 3. The third-order valence-electron chi connectivity index (χ3n) is 4.25. The lowest BCUT2D eigenvalue weighted by Gasteiger charge is -2.45. The quantitative estimate of drug-likeness (QED) is 0.849. The zero-order valence-corrected chi connectivity index (χ0v) is 11.9. The maximum absolute atomic E-state index is 13.4. The van der Waals surface area contributed by atoms with E-state index in [1.54, 1.807) is 6.07 Å². The van der Waals surface area contributed by atoms with E-state index in [2.05, 4.69) is 4.90 Å². The molecule has 0 aliphatic carbocycles. The third kappa shape index (κ3) is 2.75. The van der Waals surface area contributed by atoms with Gasteiger partial charge in [-0.25, -0.2) is 9.18 Å². The molecule has 2 aliphatic heterocycles. The van der Waals surface area contributed by atoms with Gasteiger partial charge < -0.3 is 14.7 Å². The van der Waals surface area contributed by atoms with Crippen molar-refractivity contribution >= 4 is 6.09 Å². The summed E-state index contributed by atoms with van der Waals surface area (Å²) in [5, 5.41) is 18.0. The molecule has 7 heteroatoms. The van der Waals surface area contributed by atoms with Crippen LogP contribution in [0.3, 0.4) is 0 Å². The average Bonchev–Trinajstić information content (AvgIpc) is 2.54. The number of benzene rings is 1. The Hall–Kier alpha value is -2.17. The molecular weight excluding hydrogens is 289 g/mol. The summed E-state index contributed by atoms with van der Waals surface area (Å²) in [5.41, 5.74) is 0.788. The van der Waals surface area contributed by atoms with Gasteiger partial charge in [0.1, 0.15) is 11.9 Å². The van der Waals surface area contributed by atoms with E-state index >= 15 is 0 Å². The lowest BCUT2D eigenvalue weighted by Crippen LogP contribution is -2.59. The fourth-order valence-electron chi connectivity index (χ4n) is 2.99. The van der Waals surface area contributed by atoms with Gasteiger partial charge in [0.25, 0.3) is 0 Å². The number of fused-ring (bicyclic) bond motifs is 1. The van der Waals surface area contributed by atoms with Crippen LogP contribution in [0.5, 0.6) is 0 Å². The fraction of sp³-hybridized carbons (Fsp3) is 0.467. The molecule has 2 fully saturated rings. The van der Waals surface area contributed by atoms with Gasteiger partial charge >= 0.3 is 6.09 Å². The molecular formula is C15H16FN3O3. The van der Waals surface area contributed by atoms with E-state index in [1.165, 1.54) is 17.0 Å². The summed E-state index contributed by atoms with van der Waals surface area (Å²) in [6.07, 6.45) is -1.13. The first-order chi connectivity index (χ1) is 10.6. The molecule has 0 bridgehead atoms. The highest BCUT2D eigenvalue weighted by atomic mass is 19.1. The zero-order chi connectivity index (χ0) is 15.7. The van der Waals surface area contributed by atoms with Crippen LogP contribution < -0.4 is 0 Å². The predicted molar refractivity (Wildman–Crippen MR) is 74.8 cm³/mol. The van der Waals surface area contributed by atoms with E-state index in [-0.39, 0.29) is 17.7 Å². The van der Waals surface area contributed by atoms with Gasteiger partial charge in [-0.05, 0) is 17.7 Å². The van der Waals surface area contributed by atoms with Crippen LogP contribution in [0.1, 0.15) is 17.2 Å². The maximum atomic E-state index is 13.4. The maximum Gasteiger partial charge on any atom is 0.407 e. The Balaban J connectivity index is 1.71. The van der Waals surface area contributed by atoms with Crippen molar-refractivity contribution in [3.63, 3.8) is 0 Å². The van der Waals surface area contributed by atoms with Crippen molar-refractivity contribution in [3.05, 3.63) is 35.1 Å². The Morgan fingerprint density at radius 3 is 2.95 bits per heavy atom. The van der Waals surface area contributed by atoms with Crippen LogP contribution in [0.4, 0.5) is 9.18 Å². The molecule has 1 aromatic rings. The number of halogens is 1. The van der Waals surface area contributed by atoms with Crippen LogP contribution in [-0.2, 0) is 4.74 Å². The Labute approximate surface area is 127 Å². The first-order valence-electron chi connectivity index (χ1n) is 7.11. The number of carbonyl (C=O) groups is 1. The van der Waals surface area contributed by atoms with E-state index in [9.17, 15) is 9.18 Å². The molecule has 0 radical (unpaired) electrons. The molecule has 0 aromatic heterocycles. The number of amides is 1. The number of rotatable bonds is 1. The highest BCUT2D eigenvalue weighted by molar-refractivity contribution is 5.65. The van der Waals surface area contributed by atoms with Crippen LogP contribution in [0, 0.1) is 17.1 Å². The minimum atomic E-state index is -0.904. The van der Waals surface area contributed by atoms with E-state index in [0.29, 0.717) is 32.8 Å². The highest BCUT2D eigenvalue weighted by Crippen LogP contribution is 2.28. The van der Waals surface area contributed by atoms with Crippen molar-refractivity contribution in [2.24, 2.45) is 0 Å². The zero-order valence-electron chi connectivity index (χ0n) is 11.9. The van der Waals surface area contributed by atoms with Crippen molar-refractivity contribution < 1.29 is 19.0 Å². The Kier molecular flexibility index (Phi) is 3.96. The molecule has 3 rings (SSSR count). The molecule has 1 amide bonds. The van der Waals surface area contributed by atoms with Gasteiger partial charge in [0.05, 0.1) is 24.3 Å². The van der Waals surface area contributed by atoms with Crippen molar-refractivity contribution in [3.8, 4) is 6.07 Å². The van der Waals surface area contributed by atoms with Gasteiger partial charge in [0.2, 0.25) is 0 Å². The Morgan fingerprint density at radius 1 is 1.41 bits per heavy atom. The number of hydrogen-bond acceptors (Lipinski definition) is 4. The van der Waals surface area contributed by atoms with Crippen LogP contribution in [0.25, 0.3) is 0 Å². The van der Waals surface area contributed by atoms with Crippen molar-refractivity contribution in [1.82, 2.24) is 9.80 Å². The molecule has 22 heavy (non-hydrogen) atoms. The molecule has 2 aliphatic rings. The molecule has 6 nitrogen and oxygen atoms in total. The first-order valence-corrected chi connectivity index (χ1v) is 7.11. The number of carboxylic acid groups (broad SMARTS) is 1. The molecule has 1 aromatic carbocycles. The number of nitriles is 1. The van der Waals surface area contributed by atoms with Crippen molar-refractivity contribution in [2.45, 2.75) is 12.1 Å². The molecule has 116 valence electrons. The second kappa shape index (κ2) is 5.91. The second-order valence-corrected chi connectivity index (χ2v) is 5.55. The normalized spacial score (nSPS) is 25.4. The summed E-state index contributed by atoms with van der Waals surface area (Å²) in [4.78, 5) is 14.6. The smallest absolute Gasteiger partial charge is 0.407 e. The summed E-state index contributed by atoms with van der Waals surface area (Å²) in [5.74, 6) is -0.532. The predicted octanol–water partition coefficient (Wildman–Crippen LogP) is 1.43. The molecule has 2 atom stereocenters. The number of morpholine rings is 1. The van der Waals surface area contributed by atoms with Crippen molar-refractivity contribution in [1.29, 1.82) is 5.26 Å². The minimum Gasteiger partial charge on any atom is -0.465 e. The topological polar surface area (TPSA) is 76.8 Å². The van der Waals surface area contributed by atoms with Crippen LogP contribution in [-0.4, -0.2) is 59.8 Å².